The van der Waals surface area contributed by atoms with E-state index in [0.29, 0.717) is 6.54 Å². The monoisotopic (exact) mass is 250 g/mol. The second-order valence-corrected chi connectivity index (χ2v) is 4.68. The molecule has 0 unspecified atom stereocenters. The summed E-state index contributed by atoms with van der Waals surface area (Å²) in [6.07, 6.45) is 2.35. The number of nitrogens with two attached hydrogens (primary N) is 1. The summed E-state index contributed by atoms with van der Waals surface area (Å²) < 4.78 is 5.57. The number of likely N-dealkylation sites (N-methyl/N-ethyl adjacent to an activating group) is 1. The van der Waals surface area contributed by atoms with Crippen molar-refractivity contribution in [3.8, 4) is 0 Å². The quantitative estimate of drug-likeness (QED) is 0.684. The van der Waals surface area contributed by atoms with E-state index in [-0.39, 0.29) is 0 Å². The van der Waals surface area contributed by atoms with Crippen LogP contribution in [0.25, 0.3) is 0 Å². The predicted molar refractivity (Wildman–Crippen MR) is 76.4 cm³/mol. The van der Waals surface area contributed by atoms with Crippen LogP contribution in [0.3, 0.4) is 0 Å². The van der Waals surface area contributed by atoms with Gasteiger partial charge in [-0.15, -0.1) is 0 Å². The van der Waals surface area contributed by atoms with Gasteiger partial charge in [0, 0.05) is 26.2 Å². The molecule has 18 heavy (non-hydrogen) atoms. The van der Waals surface area contributed by atoms with E-state index >= 15 is 0 Å². The number of hydrogen-bond donors (Lipinski definition) is 1. The van der Waals surface area contributed by atoms with Gasteiger partial charge in [0.15, 0.2) is 0 Å². The van der Waals surface area contributed by atoms with Gasteiger partial charge in [0.05, 0.1) is 6.61 Å². The molecule has 0 saturated heterocycles. The minimum absolute atomic E-state index is 0.608. The Labute approximate surface area is 111 Å². The highest BCUT2D eigenvalue weighted by atomic mass is 16.5. The van der Waals surface area contributed by atoms with E-state index < -0.39 is 0 Å². The summed E-state index contributed by atoms with van der Waals surface area (Å²) in [6, 6.07) is 8.36. The van der Waals surface area contributed by atoms with Gasteiger partial charge in [-0.25, -0.2) is 0 Å². The van der Waals surface area contributed by atoms with E-state index in [1.165, 1.54) is 17.5 Å². The SMILES string of the molecule is CCCCOCCN(C)Cc1ccccc1CN. The van der Waals surface area contributed by atoms with E-state index in [2.05, 4.69) is 37.1 Å². The van der Waals surface area contributed by atoms with Crippen molar-refractivity contribution in [2.45, 2.75) is 32.9 Å². The number of ether oxygens (including phenoxy) is 1. The molecule has 3 nitrogen and oxygen atoms in total. The van der Waals surface area contributed by atoms with E-state index in [1.54, 1.807) is 0 Å². The van der Waals surface area contributed by atoms with E-state index in [0.717, 1.165) is 32.7 Å². The van der Waals surface area contributed by atoms with Crippen LogP contribution in [0.5, 0.6) is 0 Å². The molecule has 0 aliphatic rings. The van der Waals surface area contributed by atoms with Crippen LogP contribution in [0.1, 0.15) is 30.9 Å². The van der Waals surface area contributed by atoms with Crippen molar-refractivity contribution < 1.29 is 4.74 Å². The molecule has 0 heterocycles. The van der Waals surface area contributed by atoms with Gasteiger partial charge < -0.3 is 10.5 Å². The Morgan fingerprint density at radius 1 is 1.17 bits per heavy atom. The number of rotatable bonds is 9. The molecule has 0 spiro atoms. The lowest BCUT2D eigenvalue weighted by atomic mass is 10.1. The maximum atomic E-state index is 5.74. The zero-order chi connectivity index (χ0) is 13.2. The number of benzene rings is 1. The Morgan fingerprint density at radius 2 is 1.89 bits per heavy atom. The lowest BCUT2D eigenvalue weighted by Crippen LogP contribution is -2.23. The van der Waals surface area contributed by atoms with Crippen molar-refractivity contribution in [1.82, 2.24) is 4.90 Å². The van der Waals surface area contributed by atoms with Crippen LogP contribution in [0.15, 0.2) is 24.3 Å². The molecule has 2 N–H and O–H groups in total. The van der Waals surface area contributed by atoms with Crippen molar-refractivity contribution in [3.63, 3.8) is 0 Å². The minimum Gasteiger partial charge on any atom is -0.380 e. The zero-order valence-corrected chi connectivity index (χ0v) is 11.7. The van der Waals surface area contributed by atoms with Crippen molar-refractivity contribution in [2.24, 2.45) is 5.73 Å². The third-order valence-corrected chi connectivity index (χ3v) is 3.04. The maximum Gasteiger partial charge on any atom is 0.0593 e. The van der Waals surface area contributed by atoms with Crippen LogP contribution < -0.4 is 5.73 Å². The van der Waals surface area contributed by atoms with Gasteiger partial charge in [-0.05, 0) is 24.6 Å². The molecule has 0 radical (unpaired) electrons. The fourth-order valence-electron chi connectivity index (χ4n) is 1.85. The highest BCUT2D eigenvalue weighted by molar-refractivity contribution is 5.26. The van der Waals surface area contributed by atoms with E-state index in [9.17, 15) is 0 Å². The van der Waals surface area contributed by atoms with Gasteiger partial charge in [-0.1, -0.05) is 37.6 Å². The molecular formula is C15H26N2O. The number of unbranched alkanes of at least 4 members (excludes halogenated alkanes) is 1. The number of nitrogens with zero attached hydrogens (tertiary/aromatic N) is 1. The normalized spacial score (nSPS) is 11.1. The highest BCUT2D eigenvalue weighted by Gasteiger charge is 2.04. The first-order valence-corrected chi connectivity index (χ1v) is 6.81. The van der Waals surface area contributed by atoms with Crippen molar-refractivity contribution in [3.05, 3.63) is 35.4 Å². The Hall–Kier alpha value is -0.900. The third kappa shape index (κ3) is 5.63. The summed E-state index contributed by atoms with van der Waals surface area (Å²) in [5.74, 6) is 0. The fraction of sp³-hybridized carbons (Fsp3) is 0.600. The molecule has 0 amide bonds. The van der Waals surface area contributed by atoms with Gasteiger partial charge in [0.1, 0.15) is 0 Å². The van der Waals surface area contributed by atoms with E-state index in [4.69, 9.17) is 10.5 Å². The molecule has 0 aliphatic heterocycles. The molecule has 0 bridgehead atoms. The maximum absolute atomic E-state index is 5.74. The molecule has 1 aromatic rings. The third-order valence-electron chi connectivity index (χ3n) is 3.04. The Balaban J connectivity index is 2.28. The largest absolute Gasteiger partial charge is 0.380 e. The Bertz CT molecular complexity index is 328. The summed E-state index contributed by atoms with van der Waals surface area (Å²) in [7, 11) is 2.12. The molecule has 1 aromatic carbocycles. The van der Waals surface area contributed by atoms with Crippen molar-refractivity contribution in [1.29, 1.82) is 0 Å². The van der Waals surface area contributed by atoms with Gasteiger partial charge in [-0.2, -0.15) is 0 Å². The van der Waals surface area contributed by atoms with Crippen molar-refractivity contribution >= 4 is 0 Å². The lowest BCUT2D eigenvalue weighted by molar-refractivity contribution is 0.107. The summed E-state index contributed by atoms with van der Waals surface area (Å²) in [5.41, 5.74) is 8.29. The topological polar surface area (TPSA) is 38.5 Å². The minimum atomic E-state index is 0.608. The summed E-state index contributed by atoms with van der Waals surface area (Å²) in [5, 5.41) is 0. The molecule has 0 saturated carbocycles. The van der Waals surface area contributed by atoms with Crippen LogP contribution in [0, 0.1) is 0 Å². The molecule has 3 heteroatoms. The predicted octanol–water partition coefficient (Wildman–Crippen LogP) is 2.39. The summed E-state index contributed by atoms with van der Waals surface area (Å²) in [6.45, 7) is 6.37. The average Bonchev–Trinajstić information content (AvgIpc) is 2.39. The van der Waals surface area contributed by atoms with Crippen LogP contribution >= 0.6 is 0 Å². The average molecular weight is 250 g/mol. The molecule has 0 aliphatic carbocycles. The first-order valence-electron chi connectivity index (χ1n) is 6.81. The molecule has 0 aromatic heterocycles. The standard InChI is InChI=1S/C15H26N2O/c1-3-4-10-18-11-9-17(2)13-15-8-6-5-7-14(15)12-16/h5-8H,3-4,9-13,16H2,1-2H3. The molecule has 0 atom stereocenters. The summed E-state index contributed by atoms with van der Waals surface area (Å²) in [4.78, 5) is 2.28. The van der Waals surface area contributed by atoms with Crippen LogP contribution in [-0.4, -0.2) is 31.7 Å². The molecule has 0 fully saturated rings. The Kier molecular flexibility index (Phi) is 7.65. The zero-order valence-electron chi connectivity index (χ0n) is 11.7. The molecular weight excluding hydrogens is 224 g/mol. The van der Waals surface area contributed by atoms with Gasteiger partial charge in [-0.3, -0.25) is 4.90 Å². The first-order chi connectivity index (χ1) is 8.77. The highest BCUT2D eigenvalue weighted by Crippen LogP contribution is 2.10. The smallest absolute Gasteiger partial charge is 0.0593 e. The second-order valence-electron chi connectivity index (χ2n) is 4.68. The summed E-state index contributed by atoms with van der Waals surface area (Å²) >= 11 is 0. The first kappa shape index (κ1) is 15.2. The number of hydrogen-bond acceptors (Lipinski definition) is 3. The molecule has 102 valence electrons. The van der Waals surface area contributed by atoms with Crippen LogP contribution in [0.2, 0.25) is 0 Å². The van der Waals surface area contributed by atoms with Gasteiger partial charge in [0.2, 0.25) is 0 Å². The Morgan fingerprint density at radius 3 is 2.56 bits per heavy atom. The van der Waals surface area contributed by atoms with Crippen molar-refractivity contribution in [2.75, 3.05) is 26.8 Å². The lowest BCUT2D eigenvalue weighted by Gasteiger charge is -2.18. The van der Waals surface area contributed by atoms with Gasteiger partial charge in [0.25, 0.3) is 0 Å². The fourth-order valence-corrected chi connectivity index (χ4v) is 1.85. The van der Waals surface area contributed by atoms with Gasteiger partial charge >= 0.3 is 0 Å². The van der Waals surface area contributed by atoms with Crippen LogP contribution in [0.4, 0.5) is 0 Å². The van der Waals surface area contributed by atoms with Crippen LogP contribution in [-0.2, 0) is 17.8 Å². The van der Waals surface area contributed by atoms with E-state index in [1.807, 2.05) is 6.07 Å². The second kappa shape index (κ2) is 9.09. The molecule has 1 rings (SSSR count).